The average molecular weight is 334 g/mol. The van der Waals surface area contributed by atoms with Gasteiger partial charge < -0.3 is 14.2 Å². The van der Waals surface area contributed by atoms with Crippen molar-refractivity contribution in [3.8, 4) is 0 Å². The van der Waals surface area contributed by atoms with Gasteiger partial charge >= 0.3 is 11.9 Å². The summed E-state index contributed by atoms with van der Waals surface area (Å²) in [4.78, 5) is 24.6. The second-order valence-electron chi connectivity index (χ2n) is 6.64. The molecule has 1 aliphatic rings. The Labute approximate surface area is 143 Å². The maximum Gasteiger partial charge on any atom is 0.312 e. The molecule has 1 aromatic carbocycles. The summed E-state index contributed by atoms with van der Waals surface area (Å²) in [5.41, 5.74) is 0.190. The first-order valence-electron chi connectivity index (χ1n) is 8.25. The molecule has 0 radical (unpaired) electrons. The van der Waals surface area contributed by atoms with Gasteiger partial charge in [-0.25, -0.2) is 0 Å². The van der Waals surface area contributed by atoms with Crippen molar-refractivity contribution < 1.29 is 23.8 Å². The monoisotopic (exact) mass is 334 g/mol. The van der Waals surface area contributed by atoms with Gasteiger partial charge in [0.25, 0.3) is 0 Å². The zero-order valence-electron chi connectivity index (χ0n) is 14.8. The highest BCUT2D eigenvalue weighted by Crippen LogP contribution is 2.47. The van der Waals surface area contributed by atoms with E-state index < -0.39 is 11.3 Å². The highest BCUT2D eigenvalue weighted by atomic mass is 16.5. The van der Waals surface area contributed by atoms with Crippen molar-refractivity contribution in [1.82, 2.24) is 0 Å². The van der Waals surface area contributed by atoms with Crippen LogP contribution >= 0.6 is 0 Å². The van der Waals surface area contributed by atoms with E-state index in [1.54, 1.807) is 6.92 Å². The minimum Gasteiger partial charge on any atom is -0.469 e. The summed E-state index contributed by atoms with van der Waals surface area (Å²) in [6.45, 7) is 4.24. The van der Waals surface area contributed by atoms with Gasteiger partial charge in [-0.3, -0.25) is 9.59 Å². The Kier molecular flexibility index (Phi) is 5.99. The van der Waals surface area contributed by atoms with Gasteiger partial charge in [-0.05, 0) is 31.2 Å². The van der Waals surface area contributed by atoms with Crippen molar-refractivity contribution in [3.05, 3.63) is 35.9 Å². The molecule has 0 heterocycles. The molecule has 5 nitrogen and oxygen atoms in total. The van der Waals surface area contributed by atoms with Crippen molar-refractivity contribution in [2.75, 3.05) is 14.2 Å². The number of ether oxygens (including phenoxy) is 3. The Balaban J connectivity index is 2.13. The van der Waals surface area contributed by atoms with Gasteiger partial charge in [0.15, 0.2) is 0 Å². The maximum atomic E-state index is 12.3. The molecule has 0 unspecified atom stereocenters. The molecule has 1 aromatic rings. The van der Waals surface area contributed by atoms with Crippen LogP contribution in [0.2, 0.25) is 0 Å². The molecule has 0 amide bonds. The van der Waals surface area contributed by atoms with E-state index >= 15 is 0 Å². The highest BCUT2D eigenvalue weighted by molar-refractivity contribution is 5.85. The summed E-state index contributed by atoms with van der Waals surface area (Å²) in [5.74, 6) is -1.38. The molecule has 0 N–H and O–H groups in total. The molecule has 0 aromatic heterocycles. The molecule has 4 atom stereocenters. The predicted octanol–water partition coefficient (Wildman–Crippen LogP) is 2.97. The topological polar surface area (TPSA) is 61.8 Å². The summed E-state index contributed by atoms with van der Waals surface area (Å²) in [5, 5.41) is 0. The molecule has 1 fully saturated rings. The number of carbonyl (C=O) groups is 2. The minimum absolute atomic E-state index is 0.0522. The van der Waals surface area contributed by atoms with Gasteiger partial charge in [-0.2, -0.15) is 0 Å². The molecule has 1 aliphatic carbocycles. The van der Waals surface area contributed by atoms with Crippen molar-refractivity contribution in [2.24, 2.45) is 17.3 Å². The van der Waals surface area contributed by atoms with E-state index in [-0.39, 0.29) is 24.0 Å². The van der Waals surface area contributed by atoms with E-state index in [0.717, 1.165) is 5.56 Å². The summed E-state index contributed by atoms with van der Waals surface area (Å²) < 4.78 is 15.9. The van der Waals surface area contributed by atoms with Crippen LogP contribution < -0.4 is 0 Å². The summed E-state index contributed by atoms with van der Waals surface area (Å²) in [6.07, 6.45) is 1.06. The first-order valence-corrected chi connectivity index (χ1v) is 8.25. The first-order chi connectivity index (χ1) is 11.4. The standard InChI is InChI=1S/C19H26O5/c1-13-10-15(24-12-14-8-6-5-7-9-14)11-16(17(20)22-3)19(13,2)18(21)23-4/h5-9,13,15-16H,10-12H2,1-4H3/t13-,15+,16+,19+/m0/s1. The lowest BCUT2D eigenvalue weighted by Gasteiger charge is -2.45. The molecule has 0 aliphatic heterocycles. The average Bonchev–Trinajstić information content (AvgIpc) is 2.61. The number of esters is 2. The Bertz CT molecular complexity index is 570. The third-order valence-corrected chi connectivity index (χ3v) is 5.30. The van der Waals surface area contributed by atoms with Gasteiger partial charge in [0.05, 0.1) is 38.3 Å². The van der Waals surface area contributed by atoms with Gasteiger partial charge in [0.1, 0.15) is 0 Å². The van der Waals surface area contributed by atoms with E-state index in [4.69, 9.17) is 14.2 Å². The van der Waals surface area contributed by atoms with Crippen LogP contribution in [-0.4, -0.2) is 32.3 Å². The quantitative estimate of drug-likeness (QED) is 0.775. The van der Waals surface area contributed by atoms with Crippen LogP contribution in [0, 0.1) is 17.3 Å². The van der Waals surface area contributed by atoms with Crippen LogP contribution in [0.3, 0.4) is 0 Å². The number of methoxy groups -OCH3 is 2. The minimum atomic E-state index is -0.894. The molecule has 24 heavy (non-hydrogen) atoms. The van der Waals surface area contributed by atoms with Crippen LogP contribution in [0.1, 0.15) is 32.3 Å². The Morgan fingerprint density at radius 1 is 1.12 bits per heavy atom. The summed E-state index contributed by atoms with van der Waals surface area (Å²) in [6, 6.07) is 9.90. The van der Waals surface area contributed by atoms with Crippen LogP contribution in [0.4, 0.5) is 0 Å². The van der Waals surface area contributed by atoms with Crippen molar-refractivity contribution in [1.29, 1.82) is 0 Å². The number of carbonyl (C=O) groups excluding carboxylic acids is 2. The molecule has 0 spiro atoms. The third kappa shape index (κ3) is 3.61. The molecule has 5 heteroatoms. The largest absolute Gasteiger partial charge is 0.469 e. The first kappa shape index (κ1) is 18.5. The van der Waals surface area contributed by atoms with Crippen molar-refractivity contribution >= 4 is 11.9 Å². The Hall–Kier alpha value is -1.88. The zero-order valence-corrected chi connectivity index (χ0v) is 14.8. The molecule has 2 rings (SSSR count). The zero-order chi connectivity index (χ0) is 17.7. The fraction of sp³-hybridized carbons (Fsp3) is 0.579. The molecule has 0 bridgehead atoms. The van der Waals surface area contributed by atoms with Crippen molar-refractivity contribution in [2.45, 2.75) is 39.4 Å². The third-order valence-electron chi connectivity index (χ3n) is 5.30. The number of benzene rings is 1. The van der Waals surface area contributed by atoms with E-state index in [1.165, 1.54) is 14.2 Å². The second-order valence-corrected chi connectivity index (χ2v) is 6.64. The molecule has 0 saturated heterocycles. The van der Waals surface area contributed by atoms with Crippen LogP contribution in [0.5, 0.6) is 0 Å². The molecule has 132 valence electrons. The maximum absolute atomic E-state index is 12.3. The lowest BCUT2D eigenvalue weighted by atomic mass is 9.60. The number of hydrogen-bond donors (Lipinski definition) is 0. The fourth-order valence-corrected chi connectivity index (χ4v) is 3.56. The molecular weight excluding hydrogens is 308 g/mol. The fourth-order valence-electron chi connectivity index (χ4n) is 3.56. The predicted molar refractivity (Wildman–Crippen MR) is 89.0 cm³/mol. The van der Waals surface area contributed by atoms with E-state index in [9.17, 15) is 9.59 Å². The number of rotatable bonds is 5. The van der Waals surface area contributed by atoms with Gasteiger partial charge in [-0.1, -0.05) is 37.3 Å². The summed E-state index contributed by atoms with van der Waals surface area (Å²) >= 11 is 0. The Morgan fingerprint density at radius 2 is 1.79 bits per heavy atom. The van der Waals surface area contributed by atoms with E-state index in [1.807, 2.05) is 37.3 Å². The molecule has 1 saturated carbocycles. The number of hydrogen-bond acceptors (Lipinski definition) is 5. The van der Waals surface area contributed by atoms with Gasteiger partial charge in [0.2, 0.25) is 0 Å². The van der Waals surface area contributed by atoms with Gasteiger partial charge in [-0.15, -0.1) is 0 Å². The van der Waals surface area contributed by atoms with Crippen molar-refractivity contribution in [3.63, 3.8) is 0 Å². The highest BCUT2D eigenvalue weighted by Gasteiger charge is 2.54. The lowest BCUT2D eigenvalue weighted by Crippen LogP contribution is -2.52. The smallest absolute Gasteiger partial charge is 0.312 e. The van der Waals surface area contributed by atoms with Crippen LogP contribution in [-0.2, 0) is 30.4 Å². The van der Waals surface area contributed by atoms with Crippen LogP contribution in [0.15, 0.2) is 30.3 Å². The Morgan fingerprint density at radius 3 is 2.38 bits per heavy atom. The van der Waals surface area contributed by atoms with E-state index in [0.29, 0.717) is 19.4 Å². The molecular formula is C19H26O5. The van der Waals surface area contributed by atoms with Crippen LogP contribution in [0.25, 0.3) is 0 Å². The van der Waals surface area contributed by atoms with Gasteiger partial charge in [0, 0.05) is 0 Å². The second kappa shape index (κ2) is 7.79. The normalized spacial score (nSPS) is 29.8. The SMILES string of the molecule is COC(=O)[C@H]1C[C@H](OCc2ccccc2)C[C@H](C)[C@@]1(C)C(=O)OC. The summed E-state index contributed by atoms with van der Waals surface area (Å²) in [7, 11) is 2.70. The lowest BCUT2D eigenvalue weighted by molar-refractivity contribution is -0.179. The van der Waals surface area contributed by atoms with E-state index in [2.05, 4.69) is 0 Å².